The highest BCUT2D eigenvalue weighted by molar-refractivity contribution is 9.10. The van der Waals surface area contributed by atoms with Crippen molar-refractivity contribution in [2.24, 2.45) is 0 Å². The molecular weight excluding hydrogens is 328 g/mol. The van der Waals surface area contributed by atoms with Gasteiger partial charge >= 0.3 is 0 Å². The van der Waals surface area contributed by atoms with Crippen molar-refractivity contribution >= 4 is 27.5 Å². The monoisotopic (exact) mass is 346 g/mol. The van der Waals surface area contributed by atoms with E-state index in [4.69, 9.17) is 0 Å². The van der Waals surface area contributed by atoms with Crippen molar-refractivity contribution in [2.45, 2.75) is 19.9 Å². The molecule has 0 bridgehead atoms. The second-order valence-electron chi connectivity index (χ2n) is 5.02. The summed E-state index contributed by atoms with van der Waals surface area (Å²) in [6, 6.07) is 15.9. The lowest BCUT2D eigenvalue weighted by atomic mass is 10.1. The van der Waals surface area contributed by atoms with Gasteiger partial charge in [0, 0.05) is 10.2 Å². The van der Waals surface area contributed by atoms with Gasteiger partial charge in [0.2, 0.25) is 5.91 Å². The molecule has 0 aliphatic rings. The number of carbonyl (C=O) groups is 1. The Kier molecular flexibility index (Phi) is 5.39. The van der Waals surface area contributed by atoms with E-state index in [1.54, 1.807) is 0 Å². The molecule has 21 heavy (non-hydrogen) atoms. The van der Waals surface area contributed by atoms with Crippen molar-refractivity contribution < 1.29 is 4.79 Å². The van der Waals surface area contributed by atoms with Crippen molar-refractivity contribution in [2.75, 3.05) is 11.9 Å². The van der Waals surface area contributed by atoms with Crippen LogP contribution in [0.15, 0.2) is 53.0 Å². The highest BCUT2D eigenvalue weighted by Gasteiger charge is 2.08. The van der Waals surface area contributed by atoms with Gasteiger partial charge in [-0.05, 0) is 37.1 Å². The number of hydrogen-bond acceptors (Lipinski definition) is 2. The van der Waals surface area contributed by atoms with Gasteiger partial charge in [0.15, 0.2) is 0 Å². The van der Waals surface area contributed by atoms with Crippen LogP contribution in [0.1, 0.15) is 24.1 Å². The number of anilines is 1. The van der Waals surface area contributed by atoms with Crippen LogP contribution in [0.5, 0.6) is 0 Å². The molecule has 1 atom stereocenters. The summed E-state index contributed by atoms with van der Waals surface area (Å²) in [6.07, 6.45) is 0. The number of nitrogens with one attached hydrogen (secondary N) is 2. The van der Waals surface area contributed by atoms with Crippen molar-refractivity contribution in [1.82, 2.24) is 5.32 Å². The zero-order valence-electron chi connectivity index (χ0n) is 12.2. The molecule has 0 fully saturated rings. The number of carbonyl (C=O) groups excluding carboxylic acids is 1. The van der Waals surface area contributed by atoms with Gasteiger partial charge in [-0.3, -0.25) is 4.79 Å². The molecule has 1 unspecified atom stereocenters. The van der Waals surface area contributed by atoms with Crippen molar-refractivity contribution in [3.05, 3.63) is 64.1 Å². The topological polar surface area (TPSA) is 41.1 Å². The molecule has 0 saturated heterocycles. The average molecular weight is 347 g/mol. The highest BCUT2D eigenvalue weighted by Crippen LogP contribution is 2.20. The molecule has 2 aromatic rings. The molecule has 0 spiro atoms. The fraction of sp³-hybridized carbons (Fsp3) is 0.235. The zero-order chi connectivity index (χ0) is 15.2. The summed E-state index contributed by atoms with van der Waals surface area (Å²) in [5.41, 5.74) is 3.20. The summed E-state index contributed by atoms with van der Waals surface area (Å²) in [6.45, 7) is 4.27. The van der Waals surface area contributed by atoms with Gasteiger partial charge in [-0.15, -0.1) is 0 Å². The molecule has 2 aromatic carbocycles. The van der Waals surface area contributed by atoms with Crippen LogP contribution in [0.4, 0.5) is 5.69 Å². The maximum Gasteiger partial charge on any atom is 0.239 e. The van der Waals surface area contributed by atoms with Crippen LogP contribution in [0.3, 0.4) is 0 Å². The number of amides is 1. The Morgan fingerprint density at radius 2 is 1.90 bits per heavy atom. The Morgan fingerprint density at radius 1 is 1.19 bits per heavy atom. The lowest BCUT2D eigenvalue weighted by Crippen LogP contribution is -2.32. The average Bonchev–Trinajstić information content (AvgIpc) is 2.49. The Labute approximate surface area is 133 Å². The van der Waals surface area contributed by atoms with Crippen molar-refractivity contribution in [1.29, 1.82) is 0 Å². The normalized spacial score (nSPS) is 11.8. The van der Waals surface area contributed by atoms with Crippen LogP contribution in [-0.4, -0.2) is 12.5 Å². The SMILES string of the molecule is Cc1ccc(NCC(=O)NC(C)c2ccccc2)cc1Br. The first-order valence-electron chi connectivity index (χ1n) is 6.90. The van der Waals surface area contributed by atoms with E-state index in [0.717, 1.165) is 15.7 Å². The molecule has 2 N–H and O–H groups in total. The van der Waals surface area contributed by atoms with Gasteiger partial charge in [-0.25, -0.2) is 0 Å². The zero-order valence-corrected chi connectivity index (χ0v) is 13.8. The number of benzene rings is 2. The Balaban J connectivity index is 1.86. The minimum atomic E-state index is -0.0250. The fourth-order valence-electron chi connectivity index (χ4n) is 2.00. The molecule has 0 aliphatic heterocycles. The lowest BCUT2D eigenvalue weighted by Gasteiger charge is -2.15. The highest BCUT2D eigenvalue weighted by atomic mass is 79.9. The predicted octanol–water partition coefficient (Wildman–Crippen LogP) is 4.05. The summed E-state index contributed by atoms with van der Waals surface area (Å²) < 4.78 is 1.03. The summed E-state index contributed by atoms with van der Waals surface area (Å²) in [5.74, 6) is -0.0250. The molecule has 4 heteroatoms. The maximum atomic E-state index is 12.0. The van der Waals surface area contributed by atoms with Crippen LogP contribution >= 0.6 is 15.9 Å². The number of hydrogen-bond donors (Lipinski definition) is 2. The first-order valence-corrected chi connectivity index (χ1v) is 7.70. The number of aryl methyl sites for hydroxylation is 1. The van der Waals surface area contributed by atoms with E-state index in [9.17, 15) is 4.79 Å². The van der Waals surface area contributed by atoms with E-state index in [0.29, 0.717) is 0 Å². The van der Waals surface area contributed by atoms with Crippen LogP contribution in [0.25, 0.3) is 0 Å². The van der Waals surface area contributed by atoms with E-state index in [1.165, 1.54) is 5.56 Å². The van der Waals surface area contributed by atoms with Crippen LogP contribution < -0.4 is 10.6 Å². The molecule has 0 saturated carbocycles. The smallest absolute Gasteiger partial charge is 0.239 e. The second-order valence-corrected chi connectivity index (χ2v) is 5.87. The second kappa shape index (κ2) is 7.27. The van der Waals surface area contributed by atoms with Crippen LogP contribution in [0, 0.1) is 6.92 Å². The Hall–Kier alpha value is -1.81. The van der Waals surface area contributed by atoms with E-state index in [-0.39, 0.29) is 18.5 Å². The molecule has 1 amide bonds. The fourth-order valence-corrected chi connectivity index (χ4v) is 2.38. The minimum Gasteiger partial charge on any atom is -0.376 e. The summed E-state index contributed by atoms with van der Waals surface area (Å²) in [5, 5.41) is 6.11. The molecular formula is C17H19BrN2O. The Morgan fingerprint density at radius 3 is 2.57 bits per heavy atom. The summed E-state index contributed by atoms with van der Waals surface area (Å²) in [7, 11) is 0. The van der Waals surface area contributed by atoms with Crippen molar-refractivity contribution in [3.8, 4) is 0 Å². The standard InChI is InChI=1S/C17H19BrN2O/c1-12-8-9-15(10-16(12)18)19-11-17(21)20-13(2)14-6-4-3-5-7-14/h3-10,13,19H,11H2,1-2H3,(H,20,21). The molecule has 110 valence electrons. The van der Waals surface area contributed by atoms with Crippen LogP contribution in [-0.2, 0) is 4.79 Å². The van der Waals surface area contributed by atoms with E-state index in [2.05, 4.69) is 26.6 Å². The van der Waals surface area contributed by atoms with Gasteiger partial charge in [0.1, 0.15) is 0 Å². The predicted molar refractivity (Wildman–Crippen MR) is 90.4 cm³/mol. The third-order valence-corrected chi connectivity index (χ3v) is 4.16. The van der Waals surface area contributed by atoms with Gasteiger partial charge in [0.25, 0.3) is 0 Å². The quantitative estimate of drug-likeness (QED) is 0.857. The Bertz CT molecular complexity index is 613. The third-order valence-electron chi connectivity index (χ3n) is 3.30. The van der Waals surface area contributed by atoms with Gasteiger partial charge < -0.3 is 10.6 Å². The molecule has 0 aromatic heterocycles. The van der Waals surface area contributed by atoms with E-state index >= 15 is 0 Å². The molecule has 0 radical (unpaired) electrons. The van der Waals surface area contributed by atoms with Gasteiger partial charge in [0.05, 0.1) is 12.6 Å². The molecule has 0 heterocycles. The third kappa shape index (κ3) is 4.60. The summed E-state index contributed by atoms with van der Waals surface area (Å²) >= 11 is 3.48. The molecule has 2 rings (SSSR count). The van der Waals surface area contributed by atoms with Gasteiger partial charge in [-0.1, -0.05) is 52.3 Å². The van der Waals surface area contributed by atoms with E-state index < -0.39 is 0 Å². The van der Waals surface area contributed by atoms with E-state index in [1.807, 2.05) is 62.4 Å². The maximum absolute atomic E-state index is 12.0. The minimum absolute atomic E-state index is 0.00486. The first kappa shape index (κ1) is 15.6. The number of halogens is 1. The summed E-state index contributed by atoms with van der Waals surface area (Å²) in [4.78, 5) is 12.0. The first-order chi connectivity index (χ1) is 10.1. The van der Waals surface area contributed by atoms with Crippen LogP contribution in [0.2, 0.25) is 0 Å². The van der Waals surface area contributed by atoms with Crippen molar-refractivity contribution in [3.63, 3.8) is 0 Å². The largest absolute Gasteiger partial charge is 0.376 e. The number of rotatable bonds is 5. The van der Waals surface area contributed by atoms with Gasteiger partial charge in [-0.2, -0.15) is 0 Å². The molecule has 3 nitrogen and oxygen atoms in total. The lowest BCUT2D eigenvalue weighted by molar-refractivity contribution is -0.120. The molecule has 0 aliphatic carbocycles.